The Bertz CT molecular complexity index is 665. The van der Waals surface area contributed by atoms with Gasteiger partial charge in [-0.15, -0.1) is 0 Å². The number of carbonyl (C=O) groups is 3. The van der Waals surface area contributed by atoms with Crippen molar-refractivity contribution in [2.24, 2.45) is 0 Å². The predicted octanol–water partition coefficient (Wildman–Crippen LogP) is 1.85. The van der Waals surface area contributed by atoms with Crippen molar-refractivity contribution in [1.82, 2.24) is 4.90 Å². The van der Waals surface area contributed by atoms with Gasteiger partial charge in [-0.25, -0.2) is 13.6 Å². The Morgan fingerprint density at radius 3 is 2.62 bits per heavy atom. The van der Waals surface area contributed by atoms with E-state index in [1.54, 1.807) is 0 Å². The van der Waals surface area contributed by atoms with Crippen LogP contribution in [0.25, 0.3) is 0 Å². The maximum absolute atomic E-state index is 13.1. The molecule has 1 aromatic rings. The van der Waals surface area contributed by atoms with E-state index in [2.05, 4.69) is 5.32 Å². The Kier molecular flexibility index (Phi) is 5.48. The SMILES string of the molecule is CC(=O)N1CCCC1C(=O)OC(C)C(=O)Nc1ccc(F)c(F)c1. The van der Waals surface area contributed by atoms with Crippen molar-refractivity contribution < 1.29 is 27.9 Å². The van der Waals surface area contributed by atoms with Gasteiger partial charge in [-0.1, -0.05) is 0 Å². The molecule has 8 heteroatoms. The lowest BCUT2D eigenvalue weighted by atomic mass is 10.2. The first-order chi connectivity index (χ1) is 11.3. The number of anilines is 1. The zero-order valence-corrected chi connectivity index (χ0v) is 13.3. The molecule has 0 bridgehead atoms. The third-order valence-corrected chi connectivity index (χ3v) is 3.78. The summed E-state index contributed by atoms with van der Waals surface area (Å²) in [7, 11) is 0. The number of ether oxygens (including phenoxy) is 1. The smallest absolute Gasteiger partial charge is 0.329 e. The number of rotatable bonds is 4. The monoisotopic (exact) mass is 340 g/mol. The molecule has 0 spiro atoms. The molecule has 1 heterocycles. The quantitative estimate of drug-likeness (QED) is 0.849. The number of nitrogens with one attached hydrogen (secondary N) is 1. The summed E-state index contributed by atoms with van der Waals surface area (Å²) in [6, 6.07) is 2.21. The molecule has 2 unspecified atom stereocenters. The highest BCUT2D eigenvalue weighted by Gasteiger charge is 2.35. The number of amides is 2. The molecule has 0 aliphatic carbocycles. The summed E-state index contributed by atoms with van der Waals surface area (Å²) in [6.45, 7) is 3.20. The second-order valence-electron chi connectivity index (χ2n) is 5.57. The molecule has 1 N–H and O–H groups in total. The summed E-state index contributed by atoms with van der Waals surface area (Å²) in [5, 5.41) is 2.34. The van der Waals surface area contributed by atoms with Crippen LogP contribution in [0, 0.1) is 11.6 Å². The van der Waals surface area contributed by atoms with Gasteiger partial charge in [0.1, 0.15) is 6.04 Å². The number of esters is 1. The van der Waals surface area contributed by atoms with Gasteiger partial charge in [-0.3, -0.25) is 9.59 Å². The normalized spacial score (nSPS) is 18.2. The molecule has 1 saturated heterocycles. The van der Waals surface area contributed by atoms with E-state index in [4.69, 9.17) is 4.74 Å². The Hall–Kier alpha value is -2.51. The summed E-state index contributed by atoms with van der Waals surface area (Å²) in [5.41, 5.74) is 0.0491. The Labute approximate surface area is 137 Å². The van der Waals surface area contributed by atoms with Crippen LogP contribution in [0.5, 0.6) is 0 Å². The van der Waals surface area contributed by atoms with Crippen molar-refractivity contribution in [2.75, 3.05) is 11.9 Å². The maximum atomic E-state index is 13.1. The molecule has 1 aromatic carbocycles. The zero-order valence-electron chi connectivity index (χ0n) is 13.3. The average molecular weight is 340 g/mol. The van der Waals surface area contributed by atoms with E-state index in [0.717, 1.165) is 12.1 Å². The highest BCUT2D eigenvalue weighted by atomic mass is 19.2. The lowest BCUT2D eigenvalue weighted by Gasteiger charge is -2.23. The summed E-state index contributed by atoms with van der Waals surface area (Å²) < 4.78 is 31.1. The number of hydrogen-bond acceptors (Lipinski definition) is 4. The Morgan fingerprint density at radius 1 is 1.29 bits per heavy atom. The van der Waals surface area contributed by atoms with Crippen LogP contribution >= 0.6 is 0 Å². The minimum Gasteiger partial charge on any atom is -0.451 e. The van der Waals surface area contributed by atoms with Gasteiger partial charge in [0.25, 0.3) is 5.91 Å². The van der Waals surface area contributed by atoms with Gasteiger partial charge in [-0.05, 0) is 31.9 Å². The zero-order chi connectivity index (χ0) is 17.9. The van der Waals surface area contributed by atoms with Gasteiger partial charge < -0.3 is 15.0 Å². The Morgan fingerprint density at radius 2 is 2.00 bits per heavy atom. The molecular formula is C16H18F2N2O4. The van der Waals surface area contributed by atoms with Crippen molar-refractivity contribution in [2.45, 2.75) is 38.8 Å². The molecule has 0 aromatic heterocycles. The first kappa shape index (κ1) is 17.8. The van der Waals surface area contributed by atoms with Gasteiger partial charge in [0.2, 0.25) is 5.91 Å². The minimum absolute atomic E-state index is 0.0491. The van der Waals surface area contributed by atoms with Crippen LogP contribution in [-0.2, 0) is 19.1 Å². The molecule has 2 rings (SSSR count). The van der Waals surface area contributed by atoms with E-state index in [9.17, 15) is 23.2 Å². The van der Waals surface area contributed by atoms with Crippen LogP contribution in [0.15, 0.2) is 18.2 Å². The van der Waals surface area contributed by atoms with Crippen LogP contribution in [0.2, 0.25) is 0 Å². The van der Waals surface area contributed by atoms with Crippen LogP contribution < -0.4 is 5.32 Å². The first-order valence-electron chi connectivity index (χ1n) is 7.53. The van der Waals surface area contributed by atoms with E-state index in [-0.39, 0.29) is 11.6 Å². The molecule has 24 heavy (non-hydrogen) atoms. The van der Waals surface area contributed by atoms with Crippen molar-refractivity contribution in [3.63, 3.8) is 0 Å². The largest absolute Gasteiger partial charge is 0.451 e. The molecule has 1 fully saturated rings. The molecular weight excluding hydrogens is 322 g/mol. The summed E-state index contributed by atoms with van der Waals surface area (Å²) >= 11 is 0. The average Bonchev–Trinajstić information content (AvgIpc) is 3.00. The van der Waals surface area contributed by atoms with E-state index in [0.29, 0.717) is 19.4 Å². The fraction of sp³-hybridized carbons (Fsp3) is 0.438. The van der Waals surface area contributed by atoms with E-state index in [1.165, 1.54) is 24.8 Å². The lowest BCUT2D eigenvalue weighted by molar-refractivity contribution is -0.159. The van der Waals surface area contributed by atoms with Crippen LogP contribution in [0.1, 0.15) is 26.7 Å². The second-order valence-corrected chi connectivity index (χ2v) is 5.57. The van der Waals surface area contributed by atoms with Crippen molar-refractivity contribution in [3.8, 4) is 0 Å². The molecule has 6 nitrogen and oxygen atoms in total. The van der Waals surface area contributed by atoms with Gasteiger partial charge in [-0.2, -0.15) is 0 Å². The Balaban J connectivity index is 1.94. The van der Waals surface area contributed by atoms with Crippen molar-refractivity contribution in [3.05, 3.63) is 29.8 Å². The summed E-state index contributed by atoms with van der Waals surface area (Å²) in [5.74, 6) is -3.69. The number of halogens is 2. The van der Waals surface area contributed by atoms with Gasteiger partial charge in [0.15, 0.2) is 17.7 Å². The number of carbonyl (C=O) groups excluding carboxylic acids is 3. The number of benzene rings is 1. The van der Waals surface area contributed by atoms with Crippen LogP contribution in [-0.4, -0.2) is 41.4 Å². The highest BCUT2D eigenvalue weighted by molar-refractivity contribution is 5.95. The van der Waals surface area contributed by atoms with Gasteiger partial charge >= 0.3 is 5.97 Å². The number of likely N-dealkylation sites (tertiary alicyclic amines) is 1. The molecule has 0 radical (unpaired) electrons. The van der Waals surface area contributed by atoms with Gasteiger partial charge in [0, 0.05) is 25.2 Å². The van der Waals surface area contributed by atoms with Gasteiger partial charge in [0.05, 0.1) is 0 Å². The summed E-state index contributed by atoms with van der Waals surface area (Å²) in [6.07, 6.45) is 0.0325. The fourth-order valence-corrected chi connectivity index (χ4v) is 2.51. The van der Waals surface area contributed by atoms with Crippen molar-refractivity contribution in [1.29, 1.82) is 0 Å². The highest BCUT2D eigenvalue weighted by Crippen LogP contribution is 2.19. The van der Waals surface area contributed by atoms with E-state index >= 15 is 0 Å². The fourth-order valence-electron chi connectivity index (χ4n) is 2.51. The first-order valence-corrected chi connectivity index (χ1v) is 7.53. The van der Waals surface area contributed by atoms with E-state index < -0.39 is 35.7 Å². The molecule has 130 valence electrons. The standard InChI is InChI=1S/C16H18F2N2O4/c1-9(15(22)19-11-5-6-12(17)13(18)8-11)24-16(23)14-4-3-7-20(14)10(2)21/h5-6,8-9,14H,3-4,7H2,1-2H3,(H,19,22). The topological polar surface area (TPSA) is 75.7 Å². The molecule has 0 saturated carbocycles. The second kappa shape index (κ2) is 7.37. The minimum atomic E-state index is -1.14. The lowest BCUT2D eigenvalue weighted by Crippen LogP contribution is -2.42. The number of nitrogens with zero attached hydrogens (tertiary/aromatic N) is 1. The maximum Gasteiger partial charge on any atom is 0.329 e. The molecule has 2 atom stereocenters. The molecule has 1 aliphatic rings. The van der Waals surface area contributed by atoms with Crippen LogP contribution in [0.3, 0.4) is 0 Å². The third-order valence-electron chi connectivity index (χ3n) is 3.78. The third kappa shape index (κ3) is 4.06. The molecule has 2 amide bonds. The number of hydrogen-bond donors (Lipinski definition) is 1. The van der Waals surface area contributed by atoms with E-state index in [1.807, 2.05) is 0 Å². The summed E-state index contributed by atoms with van der Waals surface area (Å²) in [4.78, 5) is 37.0. The van der Waals surface area contributed by atoms with Crippen molar-refractivity contribution >= 4 is 23.5 Å². The van der Waals surface area contributed by atoms with Crippen LogP contribution in [0.4, 0.5) is 14.5 Å². The predicted molar refractivity (Wildman–Crippen MR) is 81.0 cm³/mol. The molecule has 1 aliphatic heterocycles.